The highest BCUT2D eigenvalue weighted by atomic mass is 79.9. The predicted octanol–water partition coefficient (Wildman–Crippen LogP) is 5.53. The lowest BCUT2D eigenvalue weighted by Crippen LogP contribution is -2.15. The predicted molar refractivity (Wildman–Crippen MR) is 81.8 cm³/mol. The molecular weight excluding hydrogens is 419 g/mol. The zero-order valence-electron chi connectivity index (χ0n) is 10.0. The van der Waals surface area contributed by atoms with Crippen LogP contribution >= 0.6 is 43.2 Å². The standard InChI is InChI=1S/C13H10Br2F3NS/c14-10-3-1-7(5-9(10)13(16,17)18)11(19)6-8-2-4-12(15)20-8/h1-5,11H,6,19H2. The molecule has 2 rings (SSSR count). The Morgan fingerprint density at radius 1 is 1.15 bits per heavy atom. The SMILES string of the molecule is NC(Cc1ccc(Br)s1)c1ccc(Br)c(C(F)(F)F)c1. The Labute approximate surface area is 135 Å². The van der Waals surface area contributed by atoms with Crippen LogP contribution in [0.3, 0.4) is 0 Å². The van der Waals surface area contributed by atoms with Crippen molar-refractivity contribution >= 4 is 43.2 Å². The molecule has 108 valence electrons. The average molecular weight is 429 g/mol. The normalized spacial score (nSPS) is 13.5. The first-order valence-corrected chi connectivity index (χ1v) is 8.04. The first-order valence-electron chi connectivity index (χ1n) is 5.64. The van der Waals surface area contributed by atoms with E-state index in [1.165, 1.54) is 17.4 Å². The van der Waals surface area contributed by atoms with Gasteiger partial charge in [0.2, 0.25) is 0 Å². The first-order chi connectivity index (χ1) is 9.27. The van der Waals surface area contributed by atoms with E-state index in [9.17, 15) is 13.2 Å². The third-order valence-corrected chi connectivity index (χ3v) is 5.11. The fraction of sp³-hybridized carbons (Fsp3) is 0.231. The smallest absolute Gasteiger partial charge is 0.324 e. The summed E-state index contributed by atoms with van der Waals surface area (Å²) in [7, 11) is 0. The maximum absolute atomic E-state index is 12.8. The lowest BCUT2D eigenvalue weighted by Gasteiger charge is -2.15. The molecule has 0 spiro atoms. The number of hydrogen-bond donors (Lipinski definition) is 1. The van der Waals surface area contributed by atoms with Crippen LogP contribution in [0.15, 0.2) is 38.6 Å². The number of thiophene rings is 1. The monoisotopic (exact) mass is 427 g/mol. The van der Waals surface area contributed by atoms with Gasteiger partial charge in [-0.2, -0.15) is 13.2 Å². The summed E-state index contributed by atoms with van der Waals surface area (Å²) >= 11 is 7.80. The molecule has 0 bridgehead atoms. The molecule has 0 aliphatic carbocycles. The van der Waals surface area contributed by atoms with E-state index < -0.39 is 17.8 Å². The van der Waals surface area contributed by atoms with E-state index in [1.807, 2.05) is 12.1 Å². The van der Waals surface area contributed by atoms with Crippen LogP contribution in [0, 0.1) is 0 Å². The Bertz CT molecular complexity index is 610. The summed E-state index contributed by atoms with van der Waals surface area (Å²) < 4.78 is 39.5. The number of nitrogens with two attached hydrogens (primary N) is 1. The second-order valence-corrected chi connectivity index (χ2v) is 7.66. The number of hydrogen-bond acceptors (Lipinski definition) is 2. The third-order valence-electron chi connectivity index (χ3n) is 2.77. The van der Waals surface area contributed by atoms with E-state index in [4.69, 9.17) is 5.73 Å². The number of rotatable bonds is 3. The van der Waals surface area contributed by atoms with Crippen molar-refractivity contribution < 1.29 is 13.2 Å². The molecule has 0 saturated carbocycles. The molecule has 1 atom stereocenters. The quantitative estimate of drug-likeness (QED) is 0.682. The molecule has 0 saturated heterocycles. The van der Waals surface area contributed by atoms with E-state index in [0.717, 1.165) is 14.7 Å². The van der Waals surface area contributed by atoms with Gasteiger partial charge in [-0.15, -0.1) is 11.3 Å². The van der Waals surface area contributed by atoms with Gasteiger partial charge in [-0.3, -0.25) is 0 Å². The molecule has 0 fully saturated rings. The summed E-state index contributed by atoms with van der Waals surface area (Å²) in [5.41, 5.74) is 5.79. The van der Waals surface area contributed by atoms with Crippen molar-refractivity contribution in [3.63, 3.8) is 0 Å². The Balaban J connectivity index is 2.24. The Hall–Kier alpha value is -0.370. The van der Waals surface area contributed by atoms with E-state index in [-0.39, 0.29) is 4.47 Å². The van der Waals surface area contributed by atoms with Crippen molar-refractivity contribution in [2.24, 2.45) is 5.73 Å². The van der Waals surface area contributed by atoms with Crippen LogP contribution in [-0.4, -0.2) is 0 Å². The maximum atomic E-state index is 12.8. The zero-order valence-corrected chi connectivity index (χ0v) is 14.0. The van der Waals surface area contributed by atoms with Gasteiger partial charge in [0.1, 0.15) is 0 Å². The van der Waals surface area contributed by atoms with Gasteiger partial charge in [0.15, 0.2) is 0 Å². The van der Waals surface area contributed by atoms with Crippen LogP contribution in [0.5, 0.6) is 0 Å². The van der Waals surface area contributed by atoms with E-state index in [1.54, 1.807) is 6.07 Å². The van der Waals surface area contributed by atoms with Crippen LogP contribution in [0.2, 0.25) is 0 Å². The van der Waals surface area contributed by atoms with Gasteiger partial charge in [0, 0.05) is 21.8 Å². The van der Waals surface area contributed by atoms with Gasteiger partial charge in [-0.1, -0.05) is 22.0 Å². The summed E-state index contributed by atoms with van der Waals surface area (Å²) in [6.07, 6.45) is -3.88. The fourth-order valence-electron chi connectivity index (χ4n) is 1.79. The van der Waals surface area contributed by atoms with Crippen molar-refractivity contribution in [3.05, 3.63) is 54.6 Å². The molecule has 7 heteroatoms. The Morgan fingerprint density at radius 3 is 2.40 bits per heavy atom. The van der Waals surface area contributed by atoms with Gasteiger partial charge in [-0.05, 0) is 45.8 Å². The molecule has 1 unspecified atom stereocenters. The van der Waals surface area contributed by atoms with Crippen molar-refractivity contribution in [1.82, 2.24) is 0 Å². The molecule has 2 N–H and O–H groups in total. The number of benzene rings is 1. The molecule has 0 radical (unpaired) electrons. The minimum atomic E-state index is -4.39. The van der Waals surface area contributed by atoms with E-state index in [0.29, 0.717) is 12.0 Å². The third kappa shape index (κ3) is 3.84. The zero-order chi connectivity index (χ0) is 14.9. The summed E-state index contributed by atoms with van der Waals surface area (Å²) in [4.78, 5) is 1.03. The van der Waals surface area contributed by atoms with Crippen LogP contribution in [0.1, 0.15) is 22.0 Å². The average Bonchev–Trinajstić information content (AvgIpc) is 2.73. The van der Waals surface area contributed by atoms with Crippen LogP contribution in [0.25, 0.3) is 0 Å². The van der Waals surface area contributed by atoms with Gasteiger partial charge < -0.3 is 5.73 Å². The lowest BCUT2D eigenvalue weighted by molar-refractivity contribution is -0.138. The molecule has 1 aromatic heterocycles. The summed E-state index contributed by atoms with van der Waals surface area (Å²) in [6.45, 7) is 0. The summed E-state index contributed by atoms with van der Waals surface area (Å²) in [5, 5.41) is 0. The van der Waals surface area contributed by atoms with E-state index in [2.05, 4.69) is 31.9 Å². The van der Waals surface area contributed by atoms with Gasteiger partial charge in [0.05, 0.1) is 9.35 Å². The second kappa shape index (κ2) is 6.17. The number of alkyl halides is 3. The minimum absolute atomic E-state index is 0.0276. The lowest BCUT2D eigenvalue weighted by atomic mass is 10.0. The summed E-state index contributed by atoms with van der Waals surface area (Å²) in [6, 6.07) is 7.47. The van der Waals surface area contributed by atoms with Crippen LogP contribution < -0.4 is 5.73 Å². The fourth-order valence-corrected chi connectivity index (χ4v) is 3.80. The topological polar surface area (TPSA) is 26.0 Å². The van der Waals surface area contributed by atoms with Gasteiger partial charge in [-0.25, -0.2) is 0 Å². The summed E-state index contributed by atoms with van der Waals surface area (Å²) in [5.74, 6) is 0. The molecule has 2 aromatic rings. The minimum Gasteiger partial charge on any atom is -0.324 e. The molecule has 1 heterocycles. The Morgan fingerprint density at radius 2 is 1.85 bits per heavy atom. The molecule has 0 amide bonds. The van der Waals surface area contributed by atoms with Crippen molar-refractivity contribution in [3.8, 4) is 0 Å². The second-order valence-electron chi connectivity index (χ2n) is 4.25. The molecule has 0 aliphatic heterocycles. The first kappa shape index (κ1) is 16.0. The Kier molecular flexibility index (Phi) is 4.94. The van der Waals surface area contributed by atoms with E-state index >= 15 is 0 Å². The molecule has 1 nitrogen and oxygen atoms in total. The van der Waals surface area contributed by atoms with Gasteiger partial charge >= 0.3 is 6.18 Å². The highest BCUT2D eigenvalue weighted by Crippen LogP contribution is 2.36. The molecule has 1 aromatic carbocycles. The molecular formula is C13H10Br2F3NS. The number of halogens is 5. The molecule has 20 heavy (non-hydrogen) atoms. The van der Waals surface area contributed by atoms with Crippen molar-refractivity contribution in [2.75, 3.05) is 0 Å². The molecule has 0 aliphatic rings. The maximum Gasteiger partial charge on any atom is 0.417 e. The van der Waals surface area contributed by atoms with Crippen LogP contribution in [-0.2, 0) is 12.6 Å². The highest BCUT2D eigenvalue weighted by Gasteiger charge is 2.33. The van der Waals surface area contributed by atoms with Crippen molar-refractivity contribution in [2.45, 2.75) is 18.6 Å². The highest BCUT2D eigenvalue weighted by molar-refractivity contribution is 9.11. The van der Waals surface area contributed by atoms with Crippen molar-refractivity contribution in [1.29, 1.82) is 0 Å². The van der Waals surface area contributed by atoms with Gasteiger partial charge in [0.25, 0.3) is 0 Å². The van der Waals surface area contributed by atoms with Crippen LogP contribution in [0.4, 0.5) is 13.2 Å². The largest absolute Gasteiger partial charge is 0.417 e.